The van der Waals surface area contributed by atoms with E-state index < -0.39 is 10.7 Å². The summed E-state index contributed by atoms with van der Waals surface area (Å²) in [6.45, 7) is 5.67. The summed E-state index contributed by atoms with van der Waals surface area (Å²) in [6.07, 6.45) is 0. The van der Waals surface area contributed by atoms with Gasteiger partial charge in [-0.15, -0.1) is 11.6 Å². The fraction of sp³-hybridized carbons (Fsp3) is 0.500. The van der Waals surface area contributed by atoms with Gasteiger partial charge in [0.2, 0.25) is 0 Å². The molecule has 1 aromatic rings. The molecule has 5 heteroatoms. The lowest BCUT2D eigenvalue weighted by Gasteiger charge is -2.23. The van der Waals surface area contributed by atoms with E-state index in [9.17, 15) is 14.5 Å². The molecule has 0 saturated heterocycles. The Hall–Kier alpha value is -1.16. The van der Waals surface area contributed by atoms with Gasteiger partial charge in [-0.1, -0.05) is 13.8 Å². The quantitative estimate of drug-likeness (QED) is 0.464. The van der Waals surface area contributed by atoms with Crippen molar-refractivity contribution >= 4 is 17.3 Å². The van der Waals surface area contributed by atoms with Gasteiger partial charge in [0, 0.05) is 16.9 Å². The molecule has 17 heavy (non-hydrogen) atoms. The Morgan fingerprint density at radius 3 is 2.35 bits per heavy atom. The molecule has 2 unspecified atom stereocenters. The summed E-state index contributed by atoms with van der Waals surface area (Å²) in [5, 5.41) is 10.7. The topological polar surface area (TPSA) is 43.1 Å². The number of alkyl halides is 1. The summed E-state index contributed by atoms with van der Waals surface area (Å²) in [5.74, 6) is -0.630. The van der Waals surface area contributed by atoms with Crippen LogP contribution in [-0.4, -0.2) is 10.3 Å². The molecule has 3 nitrogen and oxygen atoms in total. The molecule has 0 aliphatic rings. The number of hydrogen-bond donors (Lipinski definition) is 0. The van der Waals surface area contributed by atoms with Crippen molar-refractivity contribution in [1.82, 2.24) is 0 Å². The minimum absolute atomic E-state index is 0.145. The molecule has 0 fully saturated rings. The maximum absolute atomic E-state index is 13.0. The maximum Gasteiger partial charge on any atom is 0.275 e. The molecule has 0 aromatic heterocycles. The largest absolute Gasteiger partial charge is 0.275 e. The average Bonchev–Trinajstić information content (AvgIpc) is 2.19. The molecule has 0 saturated carbocycles. The fourth-order valence-electron chi connectivity index (χ4n) is 2.09. The molecule has 0 radical (unpaired) electrons. The first kappa shape index (κ1) is 13.9. The third-order valence-electron chi connectivity index (χ3n) is 2.76. The van der Waals surface area contributed by atoms with Crippen LogP contribution in [0.2, 0.25) is 0 Å². The van der Waals surface area contributed by atoms with Crippen molar-refractivity contribution in [2.75, 3.05) is 0 Å². The van der Waals surface area contributed by atoms with Gasteiger partial charge < -0.3 is 0 Å². The molecule has 0 N–H and O–H groups in total. The first-order chi connectivity index (χ1) is 7.84. The minimum atomic E-state index is -0.606. The van der Waals surface area contributed by atoms with Crippen LogP contribution in [0.3, 0.4) is 0 Å². The molecule has 2 atom stereocenters. The van der Waals surface area contributed by atoms with Crippen LogP contribution in [0.5, 0.6) is 0 Å². The van der Waals surface area contributed by atoms with Gasteiger partial charge in [0.15, 0.2) is 0 Å². The van der Waals surface area contributed by atoms with E-state index in [4.69, 9.17) is 11.6 Å². The van der Waals surface area contributed by atoms with Gasteiger partial charge >= 0.3 is 0 Å². The van der Waals surface area contributed by atoms with Gasteiger partial charge in [-0.25, -0.2) is 4.39 Å². The number of rotatable bonds is 4. The summed E-state index contributed by atoms with van der Waals surface area (Å²) in [7, 11) is 0. The highest BCUT2D eigenvalue weighted by Crippen LogP contribution is 2.36. The zero-order valence-electron chi connectivity index (χ0n) is 9.98. The summed E-state index contributed by atoms with van der Waals surface area (Å²) in [6, 6.07) is 3.64. The van der Waals surface area contributed by atoms with Gasteiger partial charge in [0.25, 0.3) is 5.69 Å². The van der Waals surface area contributed by atoms with E-state index in [-0.39, 0.29) is 22.9 Å². The van der Waals surface area contributed by atoms with Crippen molar-refractivity contribution < 1.29 is 9.31 Å². The van der Waals surface area contributed by atoms with Gasteiger partial charge in [0.1, 0.15) is 5.82 Å². The lowest BCUT2D eigenvalue weighted by atomic mass is 9.85. The van der Waals surface area contributed by atoms with Crippen LogP contribution >= 0.6 is 11.6 Å². The Labute approximate surface area is 105 Å². The molecule has 0 heterocycles. The molecule has 0 bridgehead atoms. The van der Waals surface area contributed by atoms with Crippen LogP contribution in [0, 0.1) is 21.8 Å². The van der Waals surface area contributed by atoms with Gasteiger partial charge in [-0.05, 0) is 25.0 Å². The first-order valence-electron chi connectivity index (χ1n) is 5.42. The van der Waals surface area contributed by atoms with E-state index >= 15 is 0 Å². The number of benzene rings is 1. The summed E-state index contributed by atoms with van der Waals surface area (Å²) >= 11 is 6.07. The van der Waals surface area contributed by atoms with Crippen molar-refractivity contribution in [2.45, 2.75) is 32.1 Å². The number of halogens is 2. The van der Waals surface area contributed by atoms with Crippen molar-refractivity contribution in [2.24, 2.45) is 5.92 Å². The van der Waals surface area contributed by atoms with Crippen molar-refractivity contribution in [1.29, 1.82) is 0 Å². The van der Waals surface area contributed by atoms with E-state index in [2.05, 4.69) is 0 Å². The maximum atomic E-state index is 13.0. The van der Waals surface area contributed by atoms with Crippen molar-refractivity contribution in [3.05, 3.63) is 39.7 Å². The predicted octanol–water partition coefficient (Wildman–Crippen LogP) is 4.10. The SMILES string of the molecule is CC(C)C(c1ccc(F)cc1[N+](=O)[O-])C(C)Cl. The number of nitro benzene ring substituents is 1. The molecular weight excluding hydrogens is 245 g/mol. The molecular formula is C12H15ClFNO2. The number of nitro groups is 1. The van der Waals surface area contributed by atoms with Crippen LogP contribution in [0.15, 0.2) is 18.2 Å². The number of hydrogen-bond acceptors (Lipinski definition) is 2. The van der Waals surface area contributed by atoms with Crippen LogP contribution in [-0.2, 0) is 0 Å². The van der Waals surface area contributed by atoms with Gasteiger partial charge in [-0.2, -0.15) is 0 Å². The van der Waals surface area contributed by atoms with Crippen LogP contribution in [0.4, 0.5) is 10.1 Å². The lowest BCUT2D eigenvalue weighted by Crippen LogP contribution is -2.17. The van der Waals surface area contributed by atoms with Crippen LogP contribution in [0.1, 0.15) is 32.3 Å². The molecule has 0 aliphatic carbocycles. The van der Waals surface area contributed by atoms with E-state index in [0.29, 0.717) is 5.56 Å². The van der Waals surface area contributed by atoms with Gasteiger partial charge in [-0.3, -0.25) is 10.1 Å². The Balaban J connectivity index is 3.32. The Bertz CT molecular complexity index is 413. The highest BCUT2D eigenvalue weighted by atomic mass is 35.5. The normalized spacial score (nSPS) is 14.7. The monoisotopic (exact) mass is 259 g/mol. The Morgan fingerprint density at radius 1 is 1.35 bits per heavy atom. The van der Waals surface area contributed by atoms with Crippen LogP contribution < -0.4 is 0 Å². The number of nitrogens with zero attached hydrogens (tertiary/aromatic N) is 1. The first-order valence-corrected chi connectivity index (χ1v) is 5.86. The van der Waals surface area contributed by atoms with E-state index in [1.54, 1.807) is 6.92 Å². The van der Waals surface area contributed by atoms with Crippen molar-refractivity contribution in [3.8, 4) is 0 Å². The second-order valence-electron chi connectivity index (χ2n) is 4.41. The van der Waals surface area contributed by atoms with E-state index in [1.807, 2.05) is 13.8 Å². The summed E-state index contributed by atoms with van der Waals surface area (Å²) in [5.41, 5.74) is 0.296. The van der Waals surface area contributed by atoms with Crippen LogP contribution in [0.25, 0.3) is 0 Å². The zero-order chi connectivity index (χ0) is 13.2. The zero-order valence-corrected chi connectivity index (χ0v) is 10.7. The average molecular weight is 260 g/mol. The Kier molecular flexibility index (Phi) is 4.46. The standard InChI is InChI=1S/C12H15ClFNO2/c1-7(2)12(8(3)13)10-5-4-9(14)6-11(10)15(16)17/h4-8,12H,1-3H3. The third kappa shape index (κ3) is 3.16. The predicted molar refractivity (Wildman–Crippen MR) is 65.9 cm³/mol. The molecule has 94 valence electrons. The van der Waals surface area contributed by atoms with E-state index in [0.717, 1.165) is 6.07 Å². The lowest BCUT2D eigenvalue weighted by molar-refractivity contribution is -0.386. The highest BCUT2D eigenvalue weighted by molar-refractivity contribution is 6.21. The molecule has 1 rings (SSSR count). The molecule has 1 aromatic carbocycles. The highest BCUT2D eigenvalue weighted by Gasteiger charge is 2.28. The van der Waals surface area contributed by atoms with Crippen molar-refractivity contribution in [3.63, 3.8) is 0 Å². The molecule has 0 spiro atoms. The Morgan fingerprint density at radius 2 is 1.94 bits per heavy atom. The minimum Gasteiger partial charge on any atom is -0.258 e. The van der Waals surface area contributed by atoms with Gasteiger partial charge in [0.05, 0.1) is 11.0 Å². The third-order valence-corrected chi connectivity index (χ3v) is 3.03. The molecule has 0 amide bonds. The second kappa shape index (κ2) is 5.45. The fourth-order valence-corrected chi connectivity index (χ4v) is 2.52. The summed E-state index contributed by atoms with van der Waals surface area (Å²) in [4.78, 5) is 10.4. The smallest absolute Gasteiger partial charge is 0.258 e. The molecule has 0 aliphatic heterocycles. The van der Waals surface area contributed by atoms with E-state index in [1.165, 1.54) is 12.1 Å². The second-order valence-corrected chi connectivity index (χ2v) is 5.10. The summed E-state index contributed by atoms with van der Waals surface area (Å²) < 4.78 is 13.0.